The summed E-state index contributed by atoms with van der Waals surface area (Å²) in [6.45, 7) is 3.67. The first-order chi connectivity index (χ1) is 10.0. The number of nitrogens with two attached hydrogens (primary N) is 1. The van der Waals surface area contributed by atoms with Crippen LogP contribution in [0.2, 0.25) is 0 Å². The number of ether oxygens (including phenoxy) is 1. The number of morpholine rings is 1. The molecule has 1 aromatic carbocycles. The number of hydrogen-bond acceptors (Lipinski definition) is 4. The molecule has 1 heterocycles. The third-order valence-corrected chi connectivity index (χ3v) is 4.64. The van der Waals surface area contributed by atoms with E-state index in [9.17, 15) is 8.42 Å². The van der Waals surface area contributed by atoms with Gasteiger partial charge in [0.2, 0.25) is 0 Å². The van der Waals surface area contributed by atoms with E-state index in [1.807, 2.05) is 19.1 Å². The van der Waals surface area contributed by atoms with Gasteiger partial charge in [-0.2, -0.15) is 12.7 Å². The Labute approximate surface area is 125 Å². The Kier molecular flexibility index (Phi) is 5.20. The van der Waals surface area contributed by atoms with E-state index in [-0.39, 0.29) is 6.54 Å². The van der Waals surface area contributed by atoms with Gasteiger partial charge in [-0.1, -0.05) is 17.9 Å². The maximum atomic E-state index is 12.3. The Morgan fingerprint density at radius 2 is 2.10 bits per heavy atom. The van der Waals surface area contributed by atoms with Gasteiger partial charge in [0.25, 0.3) is 0 Å². The lowest BCUT2D eigenvalue weighted by Crippen LogP contribution is -2.43. The van der Waals surface area contributed by atoms with E-state index < -0.39 is 10.2 Å². The average molecular weight is 309 g/mol. The van der Waals surface area contributed by atoms with Crippen molar-refractivity contribution in [2.75, 3.05) is 37.6 Å². The zero-order valence-corrected chi connectivity index (χ0v) is 12.7. The normalized spacial score (nSPS) is 16.1. The van der Waals surface area contributed by atoms with Gasteiger partial charge < -0.3 is 10.5 Å². The van der Waals surface area contributed by atoms with Crippen molar-refractivity contribution in [2.45, 2.75) is 6.92 Å². The van der Waals surface area contributed by atoms with Gasteiger partial charge >= 0.3 is 10.2 Å². The minimum atomic E-state index is -3.57. The van der Waals surface area contributed by atoms with Crippen LogP contribution < -0.4 is 10.5 Å². The highest BCUT2D eigenvalue weighted by Gasteiger charge is 2.24. The molecule has 2 rings (SSSR count). The van der Waals surface area contributed by atoms with E-state index in [4.69, 9.17) is 10.5 Å². The highest BCUT2D eigenvalue weighted by molar-refractivity contribution is 7.90. The van der Waals surface area contributed by atoms with Gasteiger partial charge in [0, 0.05) is 18.7 Å². The molecule has 1 aromatic rings. The topological polar surface area (TPSA) is 84.7 Å². The van der Waals surface area contributed by atoms with Gasteiger partial charge in [0.15, 0.2) is 0 Å². The van der Waals surface area contributed by atoms with Crippen molar-refractivity contribution in [3.8, 4) is 11.8 Å². The van der Waals surface area contributed by atoms with Gasteiger partial charge in [0.1, 0.15) is 0 Å². The lowest BCUT2D eigenvalue weighted by molar-refractivity contribution is 0.0733. The molecule has 1 aliphatic heterocycles. The van der Waals surface area contributed by atoms with Crippen molar-refractivity contribution in [2.24, 2.45) is 5.73 Å². The van der Waals surface area contributed by atoms with Gasteiger partial charge in [0.05, 0.1) is 25.4 Å². The molecule has 0 bridgehead atoms. The quantitative estimate of drug-likeness (QED) is 0.786. The number of nitrogens with one attached hydrogen (secondary N) is 1. The molecule has 0 radical (unpaired) electrons. The maximum absolute atomic E-state index is 12.3. The maximum Gasteiger partial charge on any atom is 0.301 e. The number of hydrogen-bond donors (Lipinski definition) is 2. The zero-order chi connectivity index (χ0) is 15.3. The molecule has 1 fully saturated rings. The summed E-state index contributed by atoms with van der Waals surface area (Å²) in [5.74, 6) is 5.64. The van der Waals surface area contributed by atoms with Crippen molar-refractivity contribution in [3.05, 3.63) is 29.3 Å². The number of anilines is 1. The summed E-state index contributed by atoms with van der Waals surface area (Å²) in [7, 11) is -3.57. The van der Waals surface area contributed by atoms with Crippen molar-refractivity contribution in [1.29, 1.82) is 0 Å². The van der Waals surface area contributed by atoms with Crippen LogP contribution in [0.4, 0.5) is 5.69 Å². The molecule has 7 heteroatoms. The third-order valence-electron chi connectivity index (χ3n) is 3.12. The van der Waals surface area contributed by atoms with E-state index >= 15 is 0 Å². The molecule has 0 amide bonds. The second-order valence-corrected chi connectivity index (χ2v) is 6.32. The van der Waals surface area contributed by atoms with E-state index in [2.05, 4.69) is 16.6 Å². The average Bonchev–Trinajstić information content (AvgIpc) is 2.49. The van der Waals surface area contributed by atoms with Crippen molar-refractivity contribution in [3.63, 3.8) is 0 Å². The molecule has 0 atom stereocenters. The van der Waals surface area contributed by atoms with Crippen LogP contribution in [0.5, 0.6) is 0 Å². The molecular formula is C14H19N3O3S. The predicted molar refractivity (Wildman–Crippen MR) is 82.0 cm³/mol. The molecule has 0 unspecified atom stereocenters. The van der Waals surface area contributed by atoms with Gasteiger partial charge in [-0.15, -0.1) is 0 Å². The first-order valence-corrected chi connectivity index (χ1v) is 8.12. The number of benzene rings is 1. The highest BCUT2D eigenvalue weighted by atomic mass is 32.2. The summed E-state index contributed by atoms with van der Waals surface area (Å²) >= 11 is 0. The first-order valence-electron chi connectivity index (χ1n) is 6.68. The third kappa shape index (κ3) is 4.19. The summed E-state index contributed by atoms with van der Waals surface area (Å²) in [6, 6.07) is 5.39. The van der Waals surface area contributed by atoms with Crippen molar-refractivity contribution < 1.29 is 13.2 Å². The van der Waals surface area contributed by atoms with Gasteiger partial charge in [-0.3, -0.25) is 4.72 Å². The molecular weight excluding hydrogens is 290 g/mol. The summed E-state index contributed by atoms with van der Waals surface area (Å²) in [5.41, 5.74) is 7.44. The predicted octanol–water partition coefficient (Wildman–Crippen LogP) is 0.294. The molecule has 0 aromatic heterocycles. The lowest BCUT2D eigenvalue weighted by atomic mass is 10.1. The molecule has 114 valence electrons. The molecule has 3 N–H and O–H groups in total. The summed E-state index contributed by atoms with van der Waals surface area (Å²) in [4.78, 5) is 0. The SMILES string of the molecule is Cc1ccc(C#CCN)cc1NS(=O)(=O)N1CCOCC1. The van der Waals surface area contributed by atoms with Crippen LogP contribution in [0, 0.1) is 18.8 Å². The molecule has 0 aliphatic carbocycles. The molecule has 0 saturated carbocycles. The van der Waals surface area contributed by atoms with Crippen LogP contribution in [0.15, 0.2) is 18.2 Å². The monoisotopic (exact) mass is 309 g/mol. The minimum absolute atomic E-state index is 0.267. The highest BCUT2D eigenvalue weighted by Crippen LogP contribution is 2.19. The number of aryl methyl sites for hydroxylation is 1. The fourth-order valence-corrected chi connectivity index (χ4v) is 3.21. The van der Waals surface area contributed by atoms with Crippen LogP contribution >= 0.6 is 0 Å². The zero-order valence-electron chi connectivity index (χ0n) is 11.9. The van der Waals surface area contributed by atoms with Gasteiger partial charge in [-0.05, 0) is 24.6 Å². The molecule has 21 heavy (non-hydrogen) atoms. The van der Waals surface area contributed by atoms with E-state index in [0.29, 0.717) is 32.0 Å². The second kappa shape index (κ2) is 6.91. The van der Waals surface area contributed by atoms with Gasteiger partial charge in [-0.25, -0.2) is 0 Å². The Hall–Kier alpha value is -1.59. The first kappa shape index (κ1) is 15.8. The number of nitrogens with zero attached hydrogens (tertiary/aromatic N) is 1. The van der Waals surface area contributed by atoms with Crippen molar-refractivity contribution >= 4 is 15.9 Å². The Morgan fingerprint density at radius 3 is 2.76 bits per heavy atom. The smallest absolute Gasteiger partial charge is 0.301 e. The molecule has 6 nitrogen and oxygen atoms in total. The van der Waals surface area contributed by atoms with Crippen LogP contribution in [-0.4, -0.2) is 45.6 Å². The van der Waals surface area contributed by atoms with Crippen LogP contribution in [0.3, 0.4) is 0 Å². The Bertz CT molecular complexity index is 656. The van der Waals surface area contributed by atoms with E-state index in [0.717, 1.165) is 11.1 Å². The molecule has 0 spiro atoms. The second-order valence-electron chi connectivity index (χ2n) is 4.65. The fraction of sp³-hybridized carbons (Fsp3) is 0.429. The molecule has 1 aliphatic rings. The summed E-state index contributed by atoms with van der Waals surface area (Å²) < 4.78 is 33.8. The largest absolute Gasteiger partial charge is 0.379 e. The number of rotatable bonds is 3. The van der Waals surface area contributed by atoms with Crippen LogP contribution in [0.25, 0.3) is 0 Å². The standard InChI is InChI=1S/C14H19N3O3S/c1-12-4-5-13(3-2-6-15)11-14(12)16-21(18,19)17-7-9-20-10-8-17/h4-5,11,16H,6-10,15H2,1H3. The summed E-state index contributed by atoms with van der Waals surface area (Å²) in [5, 5.41) is 0. The lowest BCUT2D eigenvalue weighted by Gasteiger charge is -2.26. The van der Waals surface area contributed by atoms with E-state index in [1.165, 1.54) is 4.31 Å². The summed E-state index contributed by atoms with van der Waals surface area (Å²) in [6.07, 6.45) is 0. The van der Waals surface area contributed by atoms with E-state index in [1.54, 1.807) is 6.07 Å². The Balaban J connectivity index is 2.21. The minimum Gasteiger partial charge on any atom is -0.379 e. The molecule has 1 saturated heterocycles. The Morgan fingerprint density at radius 1 is 1.38 bits per heavy atom. The van der Waals surface area contributed by atoms with Crippen LogP contribution in [-0.2, 0) is 14.9 Å². The van der Waals surface area contributed by atoms with Crippen LogP contribution in [0.1, 0.15) is 11.1 Å². The fourth-order valence-electron chi connectivity index (χ4n) is 1.95. The van der Waals surface area contributed by atoms with Crippen molar-refractivity contribution in [1.82, 2.24) is 4.31 Å².